The van der Waals surface area contributed by atoms with Crippen molar-refractivity contribution in [2.24, 2.45) is 4.36 Å². The molecule has 13 heavy (non-hydrogen) atoms. The highest BCUT2D eigenvalue weighted by molar-refractivity contribution is 7.95. The molecule has 70 valence electrons. The first kappa shape index (κ1) is 8.97. The maximum Gasteiger partial charge on any atom is 0.161 e. The van der Waals surface area contributed by atoms with E-state index in [0.29, 0.717) is 22.3 Å². The van der Waals surface area contributed by atoms with Gasteiger partial charge in [0.05, 0.1) is 14.8 Å². The van der Waals surface area contributed by atoms with Crippen LogP contribution in [0.15, 0.2) is 22.7 Å². The molecule has 0 saturated carbocycles. The molecule has 2 heterocycles. The molecule has 0 spiro atoms. The minimum absolute atomic E-state index is 0.522. The Hall–Kier alpha value is -0.610. The first-order valence-electron chi connectivity index (χ1n) is 4.02. The molecule has 3 nitrogen and oxygen atoms in total. The van der Waals surface area contributed by atoms with Gasteiger partial charge in [-0.1, -0.05) is 11.6 Å². The summed E-state index contributed by atoms with van der Waals surface area (Å²) in [5, 5.41) is 0.572. The van der Waals surface area contributed by atoms with E-state index in [-0.39, 0.29) is 0 Å². The molecule has 5 heteroatoms. The predicted octanol–water partition coefficient (Wildman–Crippen LogP) is 2.24. The molecule has 1 aromatic heterocycles. The Labute approximate surface area is 82.3 Å². The minimum atomic E-state index is -1.94. The third kappa shape index (κ3) is 2.00. The van der Waals surface area contributed by atoms with E-state index in [4.69, 9.17) is 11.6 Å². The Morgan fingerprint density at radius 3 is 2.69 bits per heavy atom. The average Bonchev–Trinajstić information content (AvgIpc) is 2.06. The largest absolute Gasteiger partial charge is 0.249 e. The van der Waals surface area contributed by atoms with Gasteiger partial charge in [-0.2, -0.15) is 4.36 Å². The van der Waals surface area contributed by atoms with Crippen molar-refractivity contribution in [3.8, 4) is 0 Å². The van der Waals surface area contributed by atoms with Crippen molar-refractivity contribution in [3.05, 3.63) is 23.4 Å². The van der Waals surface area contributed by atoms with Gasteiger partial charge in [0.1, 0.15) is 0 Å². The van der Waals surface area contributed by atoms with Crippen LogP contribution >= 0.6 is 11.6 Å². The van der Waals surface area contributed by atoms with Crippen LogP contribution in [0.2, 0.25) is 5.02 Å². The lowest BCUT2D eigenvalue weighted by Crippen LogP contribution is -2.23. The van der Waals surface area contributed by atoms with Crippen molar-refractivity contribution in [2.75, 3.05) is 11.5 Å². The monoisotopic (exact) mass is 216 g/mol. The fraction of sp³-hybridized carbons (Fsp3) is 0.375. The molecule has 0 bridgehead atoms. The molecular weight excluding hydrogens is 208 g/mol. The van der Waals surface area contributed by atoms with Crippen LogP contribution in [-0.2, 0) is 9.73 Å². The summed E-state index contributed by atoms with van der Waals surface area (Å²) in [6.45, 7) is 0. The van der Waals surface area contributed by atoms with E-state index >= 15 is 0 Å². The van der Waals surface area contributed by atoms with Gasteiger partial charge in [0, 0.05) is 17.7 Å². The fourth-order valence-electron chi connectivity index (χ4n) is 1.08. The SMILES string of the molecule is O=S1(=Nc2ccc(Cl)cn2)CCC1. The fourth-order valence-corrected chi connectivity index (χ4v) is 2.60. The Morgan fingerprint density at radius 2 is 2.23 bits per heavy atom. The second kappa shape index (κ2) is 3.27. The van der Waals surface area contributed by atoms with Crippen LogP contribution in [0.5, 0.6) is 0 Å². The highest BCUT2D eigenvalue weighted by Gasteiger charge is 2.19. The minimum Gasteiger partial charge on any atom is -0.249 e. The van der Waals surface area contributed by atoms with Crippen LogP contribution < -0.4 is 0 Å². The number of hydrogen-bond acceptors (Lipinski definition) is 3. The maximum absolute atomic E-state index is 11.7. The Bertz CT molecular complexity index is 410. The standard InChI is InChI=1S/C8H9ClN2OS/c9-7-2-3-8(10-6-7)11-13(12)4-1-5-13/h2-3,6H,1,4-5H2. The second-order valence-electron chi connectivity index (χ2n) is 2.96. The van der Waals surface area contributed by atoms with Gasteiger partial charge in [-0.3, -0.25) is 0 Å². The van der Waals surface area contributed by atoms with Crippen LogP contribution in [0.3, 0.4) is 0 Å². The molecule has 0 aliphatic carbocycles. The van der Waals surface area contributed by atoms with Gasteiger partial charge in [-0.25, -0.2) is 9.19 Å². The molecule has 1 fully saturated rings. The lowest BCUT2D eigenvalue weighted by Gasteiger charge is -2.17. The number of rotatable bonds is 1. The van der Waals surface area contributed by atoms with Crippen molar-refractivity contribution in [2.45, 2.75) is 6.42 Å². The summed E-state index contributed by atoms with van der Waals surface area (Å²) in [6.07, 6.45) is 2.53. The summed E-state index contributed by atoms with van der Waals surface area (Å²) in [6, 6.07) is 3.39. The van der Waals surface area contributed by atoms with E-state index in [9.17, 15) is 4.21 Å². The first-order chi connectivity index (χ1) is 6.18. The Morgan fingerprint density at radius 1 is 1.46 bits per heavy atom. The summed E-state index contributed by atoms with van der Waals surface area (Å²) in [4.78, 5) is 3.97. The van der Waals surface area contributed by atoms with Gasteiger partial charge in [-0.05, 0) is 18.6 Å². The Balaban J connectivity index is 2.32. The molecule has 1 aliphatic heterocycles. The van der Waals surface area contributed by atoms with E-state index in [1.807, 2.05) is 0 Å². The molecule has 0 unspecified atom stereocenters. The van der Waals surface area contributed by atoms with Crippen molar-refractivity contribution < 1.29 is 4.21 Å². The topological polar surface area (TPSA) is 42.3 Å². The van der Waals surface area contributed by atoms with E-state index < -0.39 is 9.73 Å². The molecule has 0 atom stereocenters. The van der Waals surface area contributed by atoms with Gasteiger partial charge in [-0.15, -0.1) is 0 Å². The normalized spacial score (nSPS) is 19.2. The third-order valence-electron chi connectivity index (χ3n) is 1.90. The highest BCUT2D eigenvalue weighted by atomic mass is 35.5. The zero-order valence-corrected chi connectivity index (χ0v) is 8.51. The molecule has 0 aromatic carbocycles. The van der Waals surface area contributed by atoms with E-state index in [2.05, 4.69) is 9.35 Å². The summed E-state index contributed by atoms with van der Waals surface area (Å²) in [5.74, 6) is 1.93. The molecule has 1 aliphatic rings. The summed E-state index contributed by atoms with van der Waals surface area (Å²) in [5.41, 5.74) is 0. The van der Waals surface area contributed by atoms with Gasteiger partial charge >= 0.3 is 0 Å². The van der Waals surface area contributed by atoms with Crippen molar-refractivity contribution in [3.63, 3.8) is 0 Å². The van der Waals surface area contributed by atoms with Crippen molar-refractivity contribution >= 4 is 27.1 Å². The maximum atomic E-state index is 11.7. The van der Waals surface area contributed by atoms with Gasteiger partial charge in [0.15, 0.2) is 5.82 Å². The number of nitrogens with zero attached hydrogens (tertiary/aromatic N) is 2. The molecule has 0 N–H and O–H groups in total. The number of halogens is 1. The summed E-state index contributed by atoms with van der Waals surface area (Å²) >= 11 is 5.66. The lowest BCUT2D eigenvalue weighted by molar-refractivity contribution is 0.663. The van der Waals surface area contributed by atoms with Crippen molar-refractivity contribution in [1.29, 1.82) is 0 Å². The summed E-state index contributed by atoms with van der Waals surface area (Å²) in [7, 11) is -1.94. The molecule has 1 aromatic rings. The molecule has 2 rings (SSSR count). The van der Waals surface area contributed by atoms with Crippen LogP contribution in [0.4, 0.5) is 5.82 Å². The Kier molecular flexibility index (Phi) is 2.26. The number of pyridine rings is 1. The first-order valence-corrected chi connectivity index (χ1v) is 6.25. The zero-order chi connectivity index (χ0) is 9.31. The van der Waals surface area contributed by atoms with Crippen LogP contribution in [-0.4, -0.2) is 20.7 Å². The number of hydrogen-bond donors (Lipinski definition) is 0. The van der Waals surface area contributed by atoms with Crippen LogP contribution in [0.1, 0.15) is 6.42 Å². The quantitative estimate of drug-likeness (QED) is 0.723. The molecule has 1 saturated heterocycles. The van der Waals surface area contributed by atoms with E-state index in [0.717, 1.165) is 6.42 Å². The molecule has 0 amide bonds. The lowest BCUT2D eigenvalue weighted by atomic mass is 10.5. The predicted molar refractivity (Wildman–Crippen MR) is 53.8 cm³/mol. The number of aromatic nitrogens is 1. The van der Waals surface area contributed by atoms with Crippen LogP contribution in [0.25, 0.3) is 0 Å². The van der Waals surface area contributed by atoms with Gasteiger partial charge in [0.2, 0.25) is 0 Å². The average molecular weight is 217 g/mol. The smallest absolute Gasteiger partial charge is 0.161 e. The zero-order valence-electron chi connectivity index (χ0n) is 6.94. The molecular formula is C8H9ClN2OS. The third-order valence-corrected chi connectivity index (χ3v) is 4.49. The van der Waals surface area contributed by atoms with E-state index in [1.165, 1.54) is 6.20 Å². The summed E-state index contributed by atoms with van der Waals surface area (Å²) < 4.78 is 15.8. The highest BCUT2D eigenvalue weighted by Crippen LogP contribution is 2.20. The molecule has 0 radical (unpaired) electrons. The second-order valence-corrected chi connectivity index (χ2v) is 5.94. The van der Waals surface area contributed by atoms with Crippen molar-refractivity contribution in [1.82, 2.24) is 4.98 Å². The van der Waals surface area contributed by atoms with Crippen LogP contribution in [0, 0.1) is 0 Å². The van der Waals surface area contributed by atoms with Gasteiger partial charge < -0.3 is 0 Å². The van der Waals surface area contributed by atoms with Gasteiger partial charge in [0.25, 0.3) is 0 Å². The van der Waals surface area contributed by atoms with E-state index in [1.54, 1.807) is 12.1 Å².